The smallest absolute Gasteiger partial charge is 0.248 e. The van der Waals surface area contributed by atoms with Gasteiger partial charge in [-0.15, -0.1) is 0 Å². The highest BCUT2D eigenvalue weighted by Gasteiger charge is 2.32. The van der Waals surface area contributed by atoms with Crippen molar-refractivity contribution in [2.75, 3.05) is 15.9 Å². The zero-order valence-corrected chi connectivity index (χ0v) is 17.5. The van der Waals surface area contributed by atoms with E-state index >= 15 is 0 Å². The van der Waals surface area contributed by atoms with Crippen molar-refractivity contribution in [3.05, 3.63) is 59.1 Å². The largest absolute Gasteiger partial charge is 0.324 e. The second kappa shape index (κ2) is 8.76. The van der Waals surface area contributed by atoms with E-state index in [1.54, 1.807) is 31.2 Å². The summed E-state index contributed by atoms with van der Waals surface area (Å²) in [5.74, 6) is -0.156. The van der Waals surface area contributed by atoms with Crippen LogP contribution in [-0.4, -0.2) is 26.6 Å². The number of rotatable bonds is 7. The van der Waals surface area contributed by atoms with Gasteiger partial charge in [-0.1, -0.05) is 56.6 Å². The second-order valence-corrected chi connectivity index (χ2v) is 8.99. The Labute approximate surface area is 166 Å². The Morgan fingerprint density at radius 1 is 1.15 bits per heavy atom. The molecule has 0 saturated carbocycles. The predicted molar refractivity (Wildman–Crippen MR) is 112 cm³/mol. The Bertz CT molecular complexity index is 913. The molecule has 0 aromatic heterocycles. The second-order valence-electron chi connectivity index (χ2n) is 6.69. The topological polar surface area (TPSA) is 66.5 Å². The first-order valence-corrected chi connectivity index (χ1v) is 11.0. The minimum atomic E-state index is -3.70. The van der Waals surface area contributed by atoms with Crippen LogP contribution in [0.15, 0.2) is 48.5 Å². The summed E-state index contributed by atoms with van der Waals surface area (Å²) in [6, 6.07) is 13.1. The van der Waals surface area contributed by atoms with Crippen molar-refractivity contribution < 1.29 is 13.2 Å². The number of hydrogen-bond acceptors (Lipinski definition) is 3. The van der Waals surface area contributed by atoms with Gasteiger partial charge in [0.1, 0.15) is 6.04 Å². The standard InChI is InChI=1S/C20H25ClN2O3S/c1-5-19(20(24)22-18-12-7-6-11-17(18)14(2)3)23(27(4,25)26)16-10-8-9-15(21)13-16/h6-14,19H,5H2,1-4H3,(H,22,24). The molecular weight excluding hydrogens is 384 g/mol. The summed E-state index contributed by atoms with van der Waals surface area (Å²) in [5, 5.41) is 3.31. The first-order chi connectivity index (χ1) is 12.6. The molecule has 5 nitrogen and oxygen atoms in total. The molecule has 0 fully saturated rings. The number of halogens is 1. The van der Waals surface area contributed by atoms with E-state index in [9.17, 15) is 13.2 Å². The maximum Gasteiger partial charge on any atom is 0.248 e. The number of carbonyl (C=O) groups is 1. The molecule has 0 heterocycles. The fraction of sp³-hybridized carbons (Fsp3) is 0.350. The predicted octanol–water partition coefficient (Wildman–Crippen LogP) is 4.65. The number of nitrogens with zero attached hydrogens (tertiary/aromatic N) is 1. The zero-order valence-electron chi connectivity index (χ0n) is 15.9. The van der Waals surface area contributed by atoms with Crippen LogP contribution in [0.3, 0.4) is 0 Å². The van der Waals surface area contributed by atoms with Gasteiger partial charge in [0.05, 0.1) is 11.9 Å². The third kappa shape index (κ3) is 5.23. The molecule has 2 aromatic carbocycles. The van der Waals surface area contributed by atoms with Crippen LogP contribution in [0.1, 0.15) is 38.7 Å². The average Bonchev–Trinajstić information content (AvgIpc) is 2.58. The molecule has 0 spiro atoms. The fourth-order valence-corrected chi connectivity index (χ4v) is 4.39. The van der Waals surface area contributed by atoms with Crippen LogP contribution in [-0.2, 0) is 14.8 Å². The summed E-state index contributed by atoms with van der Waals surface area (Å²) < 4.78 is 26.1. The van der Waals surface area contributed by atoms with Crippen molar-refractivity contribution in [3.63, 3.8) is 0 Å². The number of anilines is 2. The third-order valence-electron chi connectivity index (χ3n) is 4.23. The van der Waals surface area contributed by atoms with Gasteiger partial charge in [0.15, 0.2) is 0 Å². The lowest BCUT2D eigenvalue weighted by Gasteiger charge is -2.30. The summed E-state index contributed by atoms with van der Waals surface area (Å²) in [5.41, 5.74) is 2.05. The van der Waals surface area contributed by atoms with Crippen molar-refractivity contribution in [2.45, 2.75) is 39.2 Å². The lowest BCUT2D eigenvalue weighted by molar-refractivity contribution is -0.117. The molecule has 0 saturated heterocycles. The highest BCUT2D eigenvalue weighted by molar-refractivity contribution is 7.92. The molecule has 0 aliphatic rings. The molecule has 0 aliphatic heterocycles. The Balaban J connectivity index is 2.41. The lowest BCUT2D eigenvalue weighted by Crippen LogP contribution is -2.47. The van der Waals surface area contributed by atoms with Gasteiger partial charge < -0.3 is 5.32 Å². The van der Waals surface area contributed by atoms with E-state index in [1.807, 2.05) is 38.1 Å². The fourth-order valence-electron chi connectivity index (χ4n) is 3.00. The maximum atomic E-state index is 13.0. The molecule has 27 heavy (non-hydrogen) atoms. The van der Waals surface area contributed by atoms with E-state index in [2.05, 4.69) is 5.32 Å². The van der Waals surface area contributed by atoms with E-state index in [1.165, 1.54) is 0 Å². The number of carbonyl (C=O) groups excluding carboxylic acids is 1. The Morgan fingerprint density at radius 2 is 1.81 bits per heavy atom. The molecule has 2 aromatic rings. The summed E-state index contributed by atoms with van der Waals surface area (Å²) >= 11 is 6.03. The van der Waals surface area contributed by atoms with E-state index in [-0.39, 0.29) is 11.8 Å². The van der Waals surface area contributed by atoms with Gasteiger partial charge in [-0.2, -0.15) is 0 Å². The summed E-state index contributed by atoms with van der Waals surface area (Å²) in [4.78, 5) is 13.0. The van der Waals surface area contributed by atoms with Gasteiger partial charge in [-0.25, -0.2) is 8.42 Å². The SMILES string of the molecule is CCC(C(=O)Nc1ccccc1C(C)C)N(c1cccc(Cl)c1)S(C)(=O)=O. The van der Waals surface area contributed by atoms with E-state index in [0.717, 1.165) is 16.1 Å². The van der Waals surface area contributed by atoms with Gasteiger partial charge in [-0.05, 0) is 42.2 Å². The van der Waals surface area contributed by atoms with E-state index in [0.29, 0.717) is 22.8 Å². The molecule has 0 radical (unpaired) electrons. The molecule has 2 rings (SSSR count). The van der Waals surface area contributed by atoms with Crippen LogP contribution in [0.2, 0.25) is 5.02 Å². The van der Waals surface area contributed by atoms with Crippen molar-refractivity contribution in [1.29, 1.82) is 0 Å². The molecule has 0 aliphatic carbocycles. The minimum Gasteiger partial charge on any atom is -0.324 e. The van der Waals surface area contributed by atoms with Gasteiger partial charge >= 0.3 is 0 Å². The van der Waals surface area contributed by atoms with Gasteiger partial charge in [0.25, 0.3) is 0 Å². The number of hydrogen-bond donors (Lipinski definition) is 1. The Morgan fingerprint density at radius 3 is 2.37 bits per heavy atom. The number of benzene rings is 2. The first kappa shape index (κ1) is 21.3. The van der Waals surface area contributed by atoms with Crippen LogP contribution >= 0.6 is 11.6 Å². The van der Waals surface area contributed by atoms with Gasteiger partial charge in [-0.3, -0.25) is 9.10 Å². The average molecular weight is 409 g/mol. The van der Waals surface area contributed by atoms with Crippen LogP contribution in [0.5, 0.6) is 0 Å². The van der Waals surface area contributed by atoms with Crippen molar-refractivity contribution in [1.82, 2.24) is 0 Å². The third-order valence-corrected chi connectivity index (χ3v) is 5.65. The van der Waals surface area contributed by atoms with Gasteiger partial charge in [0.2, 0.25) is 15.9 Å². The zero-order chi connectivity index (χ0) is 20.2. The molecule has 1 unspecified atom stereocenters. The highest BCUT2D eigenvalue weighted by Crippen LogP contribution is 2.28. The summed E-state index contributed by atoms with van der Waals surface area (Å²) in [6.07, 6.45) is 1.40. The number of amides is 1. The lowest BCUT2D eigenvalue weighted by atomic mass is 10.0. The van der Waals surface area contributed by atoms with Crippen LogP contribution in [0, 0.1) is 0 Å². The van der Waals surface area contributed by atoms with Crippen molar-refractivity contribution >= 4 is 38.9 Å². The minimum absolute atomic E-state index is 0.223. The number of nitrogens with one attached hydrogen (secondary N) is 1. The Hall–Kier alpha value is -2.05. The van der Waals surface area contributed by atoms with E-state index in [4.69, 9.17) is 11.6 Å². The van der Waals surface area contributed by atoms with Crippen molar-refractivity contribution in [2.24, 2.45) is 0 Å². The number of para-hydroxylation sites is 1. The highest BCUT2D eigenvalue weighted by atomic mass is 35.5. The monoisotopic (exact) mass is 408 g/mol. The van der Waals surface area contributed by atoms with E-state index < -0.39 is 16.1 Å². The van der Waals surface area contributed by atoms with Crippen LogP contribution in [0.4, 0.5) is 11.4 Å². The molecule has 146 valence electrons. The quantitative estimate of drug-likeness (QED) is 0.725. The Kier molecular flexibility index (Phi) is 6.89. The molecule has 0 bridgehead atoms. The maximum absolute atomic E-state index is 13.0. The molecule has 1 amide bonds. The normalized spacial score (nSPS) is 12.7. The molecule has 7 heteroatoms. The molecular formula is C20H25ClN2O3S. The molecule has 1 atom stereocenters. The summed E-state index contributed by atoms with van der Waals surface area (Å²) in [7, 11) is -3.70. The van der Waals surface area contributed by atoms with Crippen molar-refractivity contribution in [3.8, 4) is 0 Å². The van der Waals surface area contributed by atoms with Gasteiger partial charge in [0, 0.05) is 10.7 Å². The van der Waals surface area contributed by atoms with Crippen LogP contribution in [0.25, 0.3) is 0 Å². The molecule has 1 N–H and O–H groups in total. The summed E-state index contributed by atoms with van der Waals surface area (Å²) in [6.45, 7) is 5.86. The van der Waals surface area contributed by atoms with Crippen LogP contribution < -0.4 is 9.62 Å². The first-order valence-electron chi connectivity index (χ1n) is 8.80. The number of sulfonamides is 1.